The average molecular weight is 495 g/mol. The lowest BCUT2D eigenvalue weighted by Crippen LogP contribution is -2.26. The summed E-state index contributed by atoms with van der Waals surface area (Å²) in [4.78, 5) is 9.24. The summed E-state index contributed by atoms with van der Waals surface area (Å²) in [6.07, 6.45) is 16.1. The number of fused-ring (bicyclic) bond motifs is 2. The number of nitrogens with zero attached hydrogens (tertiary/aromatic N) is 7. The van der Waals surface area contributed by atoms with Crippen LogP contribution in [0.3, 0.4) is 0 Å². The molecule has 1 aliphatic rings. The maximum absolute atomic E-state index is 4.77. The zero-order valence-corrected chi connectivity index (χ0v) is 20.6. The molecule has 1 fully saturated rings. The van der Waals surface area contributed by atoms with E-state index < -0.39 is 0 Å². The van der Waals surface area contributed by atoms with Crippen LogP contribution >= 0.6 is 11.3 Å². The van der Waals surface area contributed by atoms with Crippen molar-refractivity contribution in [2.24, 2.45) is 5.92 Å². The van der Waals surface area contributed by atoms with Gasteiger partial charge < -0.3 is 14.3 Å². The molecule has 0 bridgehead atoms. The molecule has 0 unspecified atom stereocenters. The molecule has 6 aromatic heterocycles. The highest BCUT2D eigenvalue weighted by Gasteiger charge is 2.16. The van der Waals surface area contributed by atoms with Crippen molar-refractivity contribution in [1.29, 1.82) is 0 Å². The topological polar surface area (TPSA) is 77.9 Å². The summed E-state index contributed by atoms with van der Waals surface area (Å²) in [5.41, 5.74) is 7.08. The van der Waals surface area contributed by atoms with Crippen LogP contribution in [0.4, 0.5) is 0 Å². The van der Waals surface area contributed by atoms with Crippen molar-refractivity contribution in [3.63, 3.8) is 0 Å². The Kier molecular flexibility index (Phi) is 5.36. The van der Waals surface area contributed by atoms with Crippen molar-refractivity contribution in [3.8, 4) is 16.9 Å². The van der Waals surface area contributed by atoms with Crippen LogP contribution in [-0.2, 0) is 13.1 Å². The third-order valence-electron chi connectivity index (χ3n) is 7.04. The van der Waals surface area contributed by atoms with Gasteiger partial charge in [-0.3, -0.25) is 4.98 Å². The monoisotopic (exact) mass is 494 g/mol. The largest absolute Gasteiger partial charge is 0.314 e. The van der Waals surface area contributed by atoms with Crippen molar-refractivity contribution in [2.75, 3.05) is 6.54 Å². The summed E-state index contributed by atoms with van der Waals surface area (Å²) in [6, 6.07) is 8.46. The minimum atomic E-state index is 0.560. The summed E-state index contributed by atoms with van der Waals surface area (Å²) in [7, 11) is 0. The highest BCUT2D eigenvalue weighted by Crippen LogP contribution is 2.26. The van der Waals surface area contributed by atoms with Crippen LogP contribution in [-0.4, -0.2) is 40.5 Å². The number of imidazole rings is 1. The molecule has 6 heterocycles. The molecule has 1 N–H and O–H groups in total. The van der Waals surface area contributed by atoms with Gasteiger partial charge in [-0.2, -0.15) is 0 Å². The van der Waals surface area contributed by atoms with Gasteiger partial charge in [0.25, 0.3) is 0 Å². The van der Waals surface area contributed by atoms with Crippen LogP contribution in [0, 0.1) is 5.92 Å². The maximum atomic E-state index is 4.77. The van der Waals surface area contributed by atoms with Crippen LogP contribution in [0.15, 0.2) is 72.2 Å². The lowest BCUT2D eigenvalue weighted by molar-refractivity contribution is 0.301. The lowest BCUT2D eigenvalue weighted by atomic mass is 9.85. The molecule has 8 nitrogen and oxygen atoms in total. The number of pyridine rings is 2. The molecule has 0 aromatic carbocycles. The predicted molar refractivity (Wildman–Crippen MR) is 141 cm³/mol. The second kappa shape index (κ2) is 9.00. The number of aromatic nitrogens is 7. The lowest BCUT2D eigenvalue weighted by Gasteiger charge is -2.25. The fraction of sp³-hybridized carbons (Fsp3) is 0.259. The molecule has 0 amide bonds. The molecule has 6 aromatic rings. The van der Waals surface area contributed by atoms with E-state index in [-0.39, 0.29) is 0 Å². The first-order valence-corrected chi connectivity index (χ1v) is 13.3. The summed E-state index contributed by atoms with van der Waals surface area (Å²) >= 11 is 1.70. The van der Waals surface area contributed by atoms with E-state index in [9.17, 15) is 0 Å². The Morgan fingerprint density at radius 2 is 2.03 bits per heavy atom. The summed E-state index contributed by atoms with van der Waals surface area (Å²) < 4.78 is 6.08. The standard InChI is InChI=1S/C27H26N8S/c1-2-19(3-1)9-28-10-20-4-5-27-30-23(14-33(27)13-20)15-34-16-25(31-32-34)22-8-24(12-29-11-22)35-7-6-21-17-36-18-26(21)35/h4-8,11-14,16-19,28H,1-3,9-10,15H2. The van der Waals surface area contributed by atoms with Gasteiger partial charge in [-0.15, -0.1) is 16.4 Å². The smallest absolute Gasteiger partial charge is 0.137 e. The van der Waals surface area contributed by atoms with Crippen LogP contribution in [0.1, 0.15) is 30.5 Å². The third kappa shape index (κ3) is 4.10. The highest BCUT2D eigenvalue weighted by molar-refractivity contribution is 7.09. The van der Waals surface area contributed by atoms with E-state index in [1.54, 1.807) is 11.3 Å². The first kappa shape index (κ1) is 21.5. The third-order valence-corrected chi connectivity index (χ3v) is 7.79. The molecule has 1 aliphatic carbocycles. The van der Waals surface area contributed by atoms with E-state index in [4.69, 9.17) is 4.98 Å². The molecule has 9 heteroatoms. The molecular weight excluding hydrogens is 468 g/mol. The molecule has 180 valence electrons. The first-order chi connectivity index (χ1) is 17.8. The minimum Gasteiger partial charge on any atom is -0.314 e. The second-order valence-corrected chi connectivity index (χ2v) is 10.3. The van der Waals surface area contributed by atoms with Crippen molar-refractivity contribution in [2.45, 2.75) is 32.4 Å². The van der Waals surface area contributed by atoms with E-state index >= 15 is 0 Å². The van der Waals surface area contributed by atoms with Gasteiger partial charge in [0.05, 0.1) is 35.8 Å². The zero-order valence-electron chi connectivity index (χ0n) is 19.8. The number of thiophene rings is 1. The Morgan fingerprint density at radius 3 is 2.94 bits per heavy atom. The van der Waals surface area contributed by atoms with Gasteiger partial charge in [0.1, 0.15) is 11.3 Å². The molecule has 0 saturated heterocycles. The molecule has 1 saturated carbocycles. The quantitative estimate of drug-likeness (QED) is 0.325. The molecule has 36 heavy (non-hydrogen) atoms. The van der Waals surface area contributed by atoms with Gasteiger partial charge in [0.15, 0.2) is 0 Å². The summed E-state index contributed by atoms with van der Waals surface area (Å²) in [5.74, 6) is 0.866. The molecule has 0 radical (unpaired) electrons. The summed E-state index contributed by atoms with van der Waals surface area (Å²) in [6.45, 7) is 2.56. The van der Waals surface area contributed by atoms with E-state index in [2.05, 4.69) is 83.2 Å². The molecule has 0 aliphatic heterocycles. The van der Waals surface area contributed by atoms with Crippen LogP contribution < -0.4 is 5.32 Å². The zero-order chi connectivity index (χ0) is 23.9. The Hall–Kier alpha value is -3.82. The molecule has 0 spiro atoms. The van der Waals surface area contributed by atoms with Crippen LogP contribution in [0.2, 0.25) is 0 Å². The molecular formula is C27H26N8S. The summed E-state index contributed by atoms with van der Waals surface area (Å²) in [5, 5.41) is 17.9. The van der Waals surface area contributed by atoms with E-state index in [1.165, 1.54) is 35.7 Å². The Morgan fingerprint density at radius 1 is 1.06 bits per heavy atom. The van der Waals surface area contributed by atoms with Crippen molar-refractivity contribution in [3.05, 3.63) is 83.5 Å². The first-order valence-electron chi connectivity index (χ1n) is 12.3. The van der Waals surface area contributed by atoms with Gasteiger partial charge in [0, 0.05) is 53.0 Å². The van der Waals surface area contributed by atoms with Gasteiger partial charge in [-0.25, -0.2) is 9.67 Å². The van der Waals surface area contributed by atoms with Crippen LogP contribution in [0.25, 0.3) is 33.5 Å². The predicted octanol–water partition coefficient (Wildman–Crippen LogP) is 4.93. The number of rotatable bonds is 8. The Balaban J connectivity index is 1.07. The van der Waals surface area contributed by atoms with E-state index in [1.807, 2.05) is 23.3 Å². The van der Waals surface area contributed by atoms with Gasteiger partial charge in [-0.05, 0) is 49.1 Å². The van der Waals surface area contributed by atoms with Gasteiger partial charge in [0.2, 0.25) is 0 Å². The van der Waals surface area contributed by atoms with Gasteiger partial charge >= 0.3 is 0 Å². The minimum absolute atomic E-state index is 0.560. The fourth-order valence-corrected chi connectivity index (χ4v) is 5.64. The Bertz CT molecular complexity index is 1650. The van der Waals surface area contributed by atoms with Crippen molar-refractivity contribution in [1.82, 2.24) is 39.2 Å². The Labute approximate surface area is 212 Å². The number of hydrogen-bond donors (Lipinski definition) is 1. The molecule has 0 atom stereocenters. The highest BCUT2D eigenvalue weighted by atomic mass is 32.1. The number of nitrogens with one attached hydrogen (secondary N) is 1. The average Bonchev–Trinajstić information content (AvgIpc) is 3.64. The maximum Gasteiger partial charge on any atom is 0.137 e. The van der Waals surface area contributed by atoms with Crippen LogP contribution in [0.5, 0.6) is 0 Å². The van der Waals surface area contributed by atoms with Crippen molar-refractivity contribution < 1.29 is 0 Å². The number of hydrogen-bond acceptors (Lipinski definition) is 6. The van der Waals surface area contributed by atoms with E-state index in [0.717, 1.165) is 47.3 Å². The SMILES string of the molecule is c1cc2nc(Cn3cc(-c4cncc(-n5ccc6cscc65)c4)nn3)cn2cc1CNCC1CCC1. The molecule has 7 rings (SSSR count). The normalized spacial score (nSPS) is 14.1. The van der Waals surface area contributed by atoms with Gasteiger partial charge in [-0.1, -0.05) is 17.7 Å². The van der Waals surface area contributed by atoms with E-state index in [0.29, 0.717) is 6.54 Å². The fourth-order valence-electron chi connectivity index (χ4n) is 4.84. The van der Waals surface area contributed by atoms with Crippen molar-refractivity contribution >= 4 is 27.9 Å². The second-order valence-electron chi connectivity index (χ2n) is 9.59.